The number of carbonyl (C=O) groups excluding carboxylic acids is 1. The summed E-state index contributed by atoms with van der Waals surface area (Å²) < 4.78 is 11.0. The minimum Gasteiger partial charge on any atom is -0.496 e. The van der Waals surface area contributed by atoms with Crippen LogP contribution in [-0.4, -0.2) is 41.4 Å². The molecule has 0 aliphatic carbocycles. The highest BCUT2D eigenvalue weighted by atomic mass is 16.6. The van der Waals surface area contributed by atoms with Crippen molar-refractivity contribution in [3.63, 3.8) is 0 Å². The normalized spacial score (nSPS) is 23.3. The zero-order valence-electron chi connectivity index (χ0n) is 16.8. The third-order valence-corrected chi connectivity index (χ3v) is 5.16. The molecule has 0 saturated carbocycles. The van der Waals surface area contributed by atoms with Gasteiger partial charge in [0.1, 0.15) is 11.4 Å². The van der Waals surface area contributed by atoms with E-state index in [2.05, 4.69) is 0 Å². The fraction of sp³-hybridized carbons (Fsp3) is 0.500. The molecule has 1 aliphatic rings. The summed E-state index contributed by atoms with van der Waals surface area (Å²) in [7, 11) is 1.65. The van der Waals surface area contributed by atoms with Gasteiger partial charge in [0.2, 0.25) is 0 Å². The molecule has 1 fully saturated rings. The van der Waals surface area contributed by atoms with E-state index in [0.29, 0.717) is 19.4 Å². The number of fused-ring (bicyclic) bond motifs is 1. The van der Waals surface area contributed by atoms with Crippen LogP contribution in [-0.2, 0) is 10.3 Å². The number of ether oxygens (including phenoxy) is 2. The van der Waals surface area contributed by atoms with Crippen molar-refractivity contribution in [1.82, 2.24) is 4.90 Å². The first kappa shape index (κ1) is 19.5. The molecule has 5 heteroatoms. The van der Waals surface area contributed by atoms with Crippen LogP contribution in [0.25, 0.3) is 10.8 Å². The largest absolute Gasteiger partial charge is 0.496 e. The maximum Gasteiger partial charge on any atom is 0.410 e. The van der Waals surface area contributed by atoms with Crippen LogP contribution in [0.1, 0.15) is 46.1 Å². The molecule has 2 aromatic carbocycles. The minimum absolute atomic E-state index is 0.119. The summed E-state index contributed by atoms with van der Waals surface area (Å²) in [6.45, 7) is 7.99. The van der Waals surface area contributed by atoms with E-state index in [-0.39, 0.29) is 12.1 Å². The molecule has 1 N–H and O–H groups in total. The molecule has 2 atom stereocenters. The Hall–Kier alpha value is -2.27. The molecule has 1 aliphatic heterocycles. The van der Waals surface area contributed by atoms with E-state index in [1.165, 1.54) is 0 Å². The van der Waals surface area contributed by atoms with Gasteiger partial charge in [-0.1, -0.05) is 24.3 Å². The maximum absolute atomic E-state index is 12.4. The summed E-state index contributed by atoms with van der Waals surface area (Å²) in [5.74, 6) is 0.789. The molecule has 0 spiro atoms. The van der Waals surface area contributed by atoms with Crippen LogP contribution >= 0.6 is 0 Å². The molecule has 2 aromatic rings. The van der Waals surface area contributed by atoms with Crippen molar-refractivity contribution in [2.75, 3.05) is 13.7 Å². The summed E-state index contributed by atoms with van der Waals surface area (Å²) in [5, 5.41) is 13.4. The van der Waals surface area contributed by atoms with E-state index in [4.69, 9.17) is 9.47 Å². The van der Waals surface area contributed by atoms with Crippen LogP contribution in [0.15, 0.2) is 36.4 Å². The monoisotopic (exact) mass is 371 g/mol. The molecule has 1 heterocycles. The number of nitrogens with zero attached hydrogens (tertiary/aromatic N) is 1. The topological polar surface area (TPSA) is 59.0 Å². The number of piperidine rings is 1. The maximum atomic E-state index is 12.4. The van der Waals surface area contributed by atoms with E-state index in [1.54, 1.807) is 12.0 Å². The third-order valence-electron chi connectivity index (χ3n) is 5.16. The second-order valence-corrected chi connectivity index (χ2v) is 8.40. The molecule has 146 valence electrons. The van der Waals surface area contributed by atoms with Crippen molar-refractivity contribution in [1.29, 1.82) is 0 Å². The highest BCUT2D eigenvalue weighted by Gasteiger charge is 2.40. The first-order valence-electron chi connectivity index (χ1n) is 9.42. The van der Waals surface area contributed by atoms with Gasteiger partial charge in [-0.25, -0.2) is 4.79 Å². The van der Waals surface area contributed by atoms with Gasteiger partial charge in [0, 0.05) is 24.4 Å². The lowest BCUT2D eigenvalue weighted by Crippen LogP contribution is -2.51. The van der Waals surface area contributed by atoms with Crippen LogP contribution < -0.4 is 4.74 Å². The zero-order valence-corrected chi connectivity index (χ0v) is 16.8. The number of hydrogen-bond donors (Lipinski definition) is 1. The Morgan fingerprint density at radius 2 is 2.00 bits per heavy atom. The molecule has 0 aromatic heterocycles. The number of carbonyl (C=O) groups is 1. The molecule has 0 radical (unpaired) electrons. The molecule has 27 heavy (non-hydrogen) atoms. The van der Waals surface area contributed by atoms with Gasteiger partial charge < -0.3 is 19.5 Å². The number of hydrogen-bond acceptors (Lipinski definition) is 4. The Bertz CT molecular complexity index is 842. The second kappa shape index (κ2) is 7.04. The van der Waals surface area contributed by atoms with Crippen molar-refractivity contribution in [2.24, 2.45) is 0 Å². The highest BCUT2D eigenvalue weighted by molar-refractivity contribution is 5.89. The average Bonchev–Trinajstić information content (AvgIpc) is 2.59. The minimum atomic E-state index is -0.979. The SMILES string of the molecule is COc1cccc2ccc(C3(O)CCN(C(=O)OC(C)(C)C)C(C)C3)cc12. The molecule has 0 bridgehead atoms. The summed E-state index contributed by atoms with van der Waals surface area (Å²) in [4.78, 5) is 14.1. The highest BCUT2D eigenvalue weighted by Crippen LogP contribution is 2.38. The van der Waals surface area contributed by atoms with Gasteiger partial charge in [-0.2, -0.15) is 0 Å². The number of rotatable bonds is 2. The Labute approximate surface area is 160 Å². The predicted molar refractivity (Wildman–Crippen MR) is 106 cm³/mol. The first-order valence-corrected chi connectivity index (χ1v) is 9.42. The van der Waals surface area contributed by atoms with Gasteiger partial charge in [0.05, 0.1) is 12.7 Å². The number of likely N-dealkylation sites (tertiary alicyclic amines) is 1. The van der Waals surface area contributed by atoms with Crippen molar-refractivity contribution in [3.05, 3.63) is 42.0 Å². The van der Waals surface area contributed by atoms with Crippen LogP contribution in [0.5, 0.6) is 5.75 Å². The molecular formula is C22H29NO4. The van der Waals surface area contributed by atoms with Crippen LogP contribution in [0.2, 0.25) is 0 Å². The smallest absolute Gasteiger partial charge is 0.410 e. The summed E-state index contributed by atoms with van der Waals surface area (Å²) in [6, 6.07) is 11.8. The summed E-state index contributed by atoms with van der Waals surface area (Å²) in [5.41, 5.74) is -0.651. The van der Waals surface area contributed by atoms with Gasteiger partial charge >= 0.3 is 6.09 Å². The Morgan fingerprint density at radius 3 is 2.63 bits per heavy atom. The van der Waals surface area contributed by atoms with E-state index >= 15 is 0 Å². The van der Waals surface area contributed by atoms with E-state index in [0.717, 1.165) is 22.1 Å². The molecule has 1 saturated heterocycles. The summed E-state index contributed by atoms with van der Waals surface area (Å²) in [6.07, 6.45) is 0.613. The molecule has 5 nitrogen and oxygen atoms in total. The molecule has 1 amide bonds. The van der Waals surface area contributed by atoms with E-state index < -0.39 is 11.2 Å². The lowest BCUT2D eigenvalue weighted by molar-refractivity contribution is -0.0545. The first-order chi connectivity index (χ1) is 12.6. The van der Waals surface area contributed by atoms with Crippen LogP contribution in [0.4, 0.5) is 4.79 Å². The Morgan fingerprint density at radius 1 is 1.26 bits per heavy atom. The third kappa shape index (κ3) is 4.03. The zero-order chi connectivity index (χ0) is 19.8. The number of methoxy groups -OCH3 is 1. The van der Waals surface area contributed by atoms with Gasteiger partial charge in [-0.15, -0.1) is 0 Å². The van der Waals surface area contributed by atoms with Crippen molar-refractivity contribution in [3.8, 4) is 5.75 Å². The van der Waals surface area contributed by atoms with Crippen molar-refractivity contribution in [2.45, 2.75) is 57.8 Å². The van der Waals surface area contributed by atoms with E-state index in [9.17, 15) is 9.90 Å². The molecular weight excluding hydrogens is 342 g/mol. The van der Waals surface area contributed by atoms with Gasteiger partial charge in [-0.05, 0) is 57.2 Å². The van der Waals surface area contributed by atoms with Crippen molar-refractivity contribution >= 4 is 16.9 Å². The standard InChI is InChI=1S/C22H29NO4/c1-15-14-22(25,11-12-23(15)20(24)27-21(2,3)4)17-10-9-16-7-6-8-19(26-5)18(16)13-17/h6-10,13,15,25H,11-12,14H2,1-5H3. The number of amides is 1. The van der Waals surface area contributed by atoms with Crippen LogP contribution in [0, 0.1) is 0 Å². The molecule has 3 rings (SSSR count). The lowest BCUT2D eigenvalue weighted by Gasteiger charge is -2.43. The fourth-order valence-electron chi connectivity index (χ4n) is 3.79. The van der Waals surface area contributed by atoms with Gasteiger partial charge in [0.15, 0.2) is 0 Å². The van der Waals surface area contributed by atoms with Gasteiger partial charge in [-0.3, -0.25) is 0 Å². The quantitative estimate of drug-likeness (QED) is 0.847. The second-order valence-electron chi connectivity index (χ2n) is 8.40. The number of aliphatic hydroxyl groups is 1. The Kier molecular flexibility index (Phi) is 5.08. The fourth-order valence-corrected chi connectivity index (χ4v) is 3.79. The van der Waals surface area contributed by atoms with Crippen molar-refractivity contribution < 1.29 is 19.4 Å². The summed E-state index contributed by atoms with van der Waals surface area (Å²) >= 11 is 0. The predicted octanol–water partition coefficient (Wildman–Crippen LogP) is 4.46. The van der Waals surface area contributed by atoms with Gasteiger partial charge in [0.25, 0.3) is 0 Å². The Balaban J connectivity index is 1.84. The van der Waals surface area contributed by atoms with Crippen LogP contribution in [0.3, 0.4) is 0 Å². The lowest BCUT2D eigenvalue weighted by atomic mass is 9.80. The molecule has 2 unspecified atom stereocenters. The average molecular weight is 371 g/mol. The van der Waals surface area contributed by atoms with E-state index in [1.807, 2.05) is 64.1 Å². The number of benzene rings is 2.